The lowest BCUT2D eigenvalue weighted by Gasteiger charge is -2.22. The lowest BCUT2D eigenvalue weighted by atomic mass is 9.93. The molecule has 2 aromatic rings. The predicted molar refractivity (Wildman–Crippen MR) is 88.6 cm³/mol. The van der Waals surface area contributed by atoms with Gasteiger partial charge in [-0.1, -0.05) is 37.9 Å². The molecule has 0 fully saturated rings. The van der Waals surface area contributed by atoms with Crippen molar-refractivity contribution in [3.8, 4) is 0 Å². The Kier molecular flexibility index (Phi) is 5.17. The van der Waals surface area contributed by atoms with Crippen LogP contribution in [-0.2, 0) is 0 Å². The van der Waals surface area contributed by atoms with E-state index in [0.717, 1.165) is 21.2 Å². The maximum absolute atomic E-state index is 14.2. The van der Waals surface area contributed by atoms with Crippen molar-refractivity contribution in [2.45, 2.75) is 19.9 Å². The van der Waals surface area contributed by atoms with Crippen LogP contribution < -0.4 is 5.32 Å². The van der Waals surface area contributed by atoms with Gasteiger partial charge in [-0.05, 0) is 55.8 Å². The van der Waals surface area contributed by atoms with Crippen LogP contribution in [-0.4, -0.2) is 7.05 Å². The highest BCUT2D eigenvalue weighted by atomic mass is 79.9. The summed E-state index contributed by atoms with van der Waals surface area (Å²) in [4.78, 5) is 0. The molecule has 0 amide bonds. The van der Waals surface area contributed by atoms with Gasteiger partial charge in [0.1, 0.15) is 11.6 Å². The van der Waals surface area contributed by atoms with E-state index < -0.39 is 17.7 Å². The average molecular weight is 419 g/mol. The van der Waals surface area contributed by atoms with Gasteiger partial charge in [0.15, 0.2) is 0 Å². The summed E-state index contributed by atoms with van der Waals surface area (Å²) in [5.74, 6) is -1.14. The topological polar surface area (TPSA) is 12.0 Å². The molecule has 0 aliphatic rings. The number of rotatable bonds is 3. The Hall–Kier alpha value is -0.780. The fourth-order valence-corrected chi connectivity index (χ4v) is 3.26. The lowest BCUT2D eigenvalue weighted by molar-refractivity contribution is 0.520. The summed E-state index contributed by atoms with van der Waals surface area (Å²) < 4.78 is 29.8. The molecule has 0 radical (unpaired) electrons. The molecular weight excluding hydrogens is 404 g/mol. The Labute approximate surface area is 140 Å². The first-order valence-electron chi connectivity index (χ1n) is 6.43. The molecule has 1 N–H and O–H groups in total. The summed E-state index contributed by atoms with van der Waals surface area (Å²) in [6.45, 7) is 3.88. The largest absolute Gasteiger partial charge is 0.309 e. The molecule has 1 unspecified atom stereocenters. The van der Waals surface area contributed by atoms with E-state index in [-0.39, 0.29) is 5.56 Å². The van der Waals surface area contributed by atoms with Crippen LogP contribution >= 0.6 is 31.9 Å². The van der Waals surface area contributed by atoms with E-state index in [2.05, 4.69) is 37.2 Å². The van der Waals surface area contributed by atoms with Gasteiger partial charge >= 0.3 is 0 Å². The van der Waals surface area contributed by atoms with Crippen LogP contribution in [0.1, 0.15) is 28.3 Å². The maximum Gasteiger partial charge on any atom is 0.132 e. The van der Waals surface area contributed by atoms with Gasteiger partial charge in [0.05, 0.1) is 6.04 Å². The molecule has 0 heterocycles. The molecule has 5 heteroatoms. The van der Waals surface area contributed by atoms with E-state index in [9.17, 15) is 8.78 Å². The molecule has 0 spiro atoms. The second kappa shape index (κ2) is 6.55. The van der Waals surface area contributed by atoms with Crippen LogP contribution in [0, 0.1) is 25.5 Å². The Morgan fingerprint density at radius 3 is 2.05 bits per heavy atom. The number of halogens is 4. The molecule has 0 aromatic heterocycles. The zero-order valence-corrected chi connectivity index (χ0v) is 15.1. The monoisotopic (exact) mass is 417 g/mol. The number of benzene rings is 2. The second-order valence-electron chi connectivity index (χ2n) is 4.96. The molecule has 0 bridgehead atoms. The van der Waals surface area contributed by atoms with Gasteiger partial charge in [0.25, 0.3) is 0 Å². The van der Waals surface area contributed by atoms with Gasteiger partial charge in [-0.3, -0.25) is 0 Å². The van der Waals surface area contributed by atoms with E-state index in [1.54, 1.807) is 7.05 Å². The molecule has 1 nitrogen and oxygen atoms in total. The third kappa shape index (κ3) is 3.35. The molecule has 2 rings (SSSR count). The second-order valence-corrected chi connectivity index (χ2v) is 6.73. The summed E-state index contributed by atoms with van der Waals surface area (Å²) in [6, 6.07) is 5.93. The zero-order chi connectivity index (χ0) is 15.7. The van der Waals surface area contributed by atoms with Crippen LogP contribution in [0.4, 0.5) is 8.78 Å². The van der Waals surface area contributed by atoms with Crippen molar-refractivity contribution in [3.05, 3.63) is 67.1 Å². The fourth-order valence-electron chi connectivity index (χ4n) is 2.40. The summed E-state index contributed by atoms with van der Waals surface area (Å²) in [5.41, 5.74) is 2.88. The Balaban J connectivity index is 2.63. The van der Waals surface area contributed by atoms with Gasteiger partial charge in [-0.25, -0.2) is 8.78 Å². The highest BCUT2D eigenvalue weighted by molar-refractivity contribution is 9.10. The van der Waals surface area contributed by atoms with E-state index in [1.165, 1.54) is 12.1 Å². The average Bonchev–Trinajstić information content (AvgIpc) is 2.38. The molecule has 0 saturated carbocycles. The van der Waals surface area contributed by atoms with Gasteiger partial charge < -0.3 is 5.32 Å². The number of hydrogen-bond acceptors (Lipinski definition) is 1. The molecule has 1 atom stereocenters. The third-order valence-electron chi connectivity index (χ3n) is 3.48. The zero-order valence-electron chi connectivity index (χ0n) is 11.9. The highest BCUT2D eigenvalue weighted by Gasteiger charge is 2.23. The maximum atomic E-state index is 14.2. The normalized spacial score (nSPS) is 12.5. The summed E-state index contributed by atoms with van der Waals surface area (Å²) >= 11 is 6.57. The van der Waals surface area contributed by atoms with Gasteiger partial charge in [-0.15, -0.1) is 0 Å². The first-order valence-corrected chi connectivity index (χ1v) is 8.02. The van der Waals surface area contributed by atoms with Crippen molar-refractivity contribution in [1.29, 1.82) is 0 Å². The van der Waals surface area contributed by atoms with Crippen LogP contribution in [0.25, 0.3) is 0 Å². The van der Waals surface area contributed by atoms with Crippen LogP contribution in [0.15, 0.2) is 33.2 Å². The molecule has 0 aliphatic heterocycles. The van der Waals surface area contributed by atoms with Gasteiger partial charge in [0.2, 0.25) is 0 Å². The molecular formula is C16H15Br2F2N. The molecule has 0 aliphatic carbocycles. The molecule has 112 valence electrons. The smallest absolute Gasteiger partial charge is 0.132 e. The first-order chi connectivity index (χ1) is 9.85. The fraction of sp³-hybridized carbons (Fsp3) is 0.250. The number of hydrogen-bond donors (Lipinski definition) is 1. The minimum Gasteiger partial charge on any atom is -0.309 e. The van der Waals surface area contributed by atoms with Crippen molar-refractivity contribution >= 4 is 31.9 Å². The third-order valence-corrected chi connectivity index (χ3v) is 4.79. The van der Waals surface area contributed by atoms with Crippen molar-refractivity contribution < 1.29 is 8.78 Å². The van der Waals surface area contributed by atoms with Crippen LogP contribution in [0.5, 0.6) is 0 Å². The SMILES string of the molecule is CNC(c1cc(C)c(Br)cc1C)c1c(F)cc(Br)cc1F. The van der Waals surface area contributed by atoms with E-state index in [4.69, 9.17) is 0 Å². The minimum atomic E-state index is -0.568. The van der Waals surface area contributed by atoms with Crippen molar-refractivity contribution in [1.82, 2.24) is 5.32 Å². The quantitative estimate of drug-likeness (QED) is 0.702. The van der Waals surface area contributed by atoms with Gasteiger partial charge in [-0.2, -0.15) is 0 Å². The van der Waals surface area contributed by atoms with E-state index in [0.29, 0.717) is 4.47 Å². The minimum absolute atomic E-state index is 0.0329. The van der Waals surface area contributed by atoms with E-state index >= 15 is 0 Å². The number of aryl methyl sites for hydroxylation is 2. The Morgan fingerprint density at radius 1 is 0.952 bits per heavy atom. The predicted octanol–water partition coefficient (Wildman–Crippen LogP) is 5.42. The number of nitrogens with one attached hydrogen (secondary N) is 1. The lowest BCUT2D eigenvalue weighted by Crippen LogP contribution is -2.21. The first kappa shape index (κ1) is 16.6. The Bertz CT molecular complexity index is 663. The summed E-state index contributed by atoms with van der Waals surface area (Å²) in [6.07, 6.45) is 0. The molecule has 21 heavy (non-hydrogen) atoms. The van der Waals surface area contributed by atoms with Crippen LogP contribution in [0.3, 0.4) is 0 Å². The van der Waals surface area contributed by atoms with Crippen molar-refractivity contribution in [3.63, 3.8) is 0 Å². The van der Waals surface area contributed by atoms with Gasteiger partial charge in [0, 0.05) is 14.5 Å². The van der Waals surface area contributed by atoms with Crippen molar-refractivity contribution in [2.75, 3.05) is 7.05 Å². The summed E-state index contributed by atoms with van der Waals surface area (Å²) in [7, 11) is 1.70. The Morgan fingerprint density at radius 2 is 1.52 bits per heavy atom. The summed E-state index contributed by atoms with van der Waals surface area (Å²) in [5, 5.41) is 3.01. The molecule has 2 aromatic carbocycles. The standard InChI is InChI=1S/C16H15Br2F2N/c1-8-5-12(18)9(2)4-11(8)16(21-3)15-13(19)6-10(17)7-14(15)20/h4-7,16,21H,1-3H3. The highest BCUT2D eigenvalue weighted by Crippen LogP contribution is 2.33. The van der Waals surface area contributed by atoms with Crippen LogP contribution in [0.2, 0.25) is 0 Å². The van der Waals surface area contributed by atoms with Crippen molar-refractivity contribution in [2.24, 2.45) is 0 Å². The molecule has 0 saturated heterocycles. The van der Waals surface area contributed by atoms with E-state index in [1.807, 2.05) is 26.0 Å².